The molecule has 0 aromatic heterocycles. The van der Waals surface area contributed by atoms with Crippen molar-refractivity contribution in [3.63, 3.8) is 0 Å². The van der Waals surface area contributed by atoms with Crippen LogP contribution in [-0.4, -0.2) is 5.75 Å². The largest absolute Gasteiger partial charge is 0.576 e. The van der Waals surface area contributed by atoms with Gasteiger partial charge >= 0.3 is 5.75 Å². The van der Waals surface area contributed by atoms with E-state index in [1.165, 1.54) is 16.7 Å². The molecule has 1 aromatic rings. The molecule has 0 aliphatic carbocycles. The number of rotatable bonds is 8. The Kier molecular flexibility index (Phi) is 7.39. The second kappa shape index (κ2) is 8.13. The number of hydrogen-bond donors (Lipinski definition) is 0. The van der Waals surface area contributed by atoms with Gasteiger partial charge in [0.05, 0.1) is 0 Å². The van der Waals surface area contributed by atoms with Crippen LogP contribution in [0, 0.1) is 0 Å². The fraction of sp³-hybridized carbons (Fsp3) is 0.714. The second-order valence-corrected chi connectivity index (χ2v) is 10.0. The first-order chi connectivity index (χ1) is 11.3. The van der Waals surface area contributed by atoms with Gasteiger partial charge in [-0.15, -0.1) is 22.9 Å². The molecule has 0 saturated heterocycles. The van der Waals surface area contributed by atoms with Gasteiger partial charge in [0.25, 0.3) is 0 Å². The van der Waals surface area contributed by atoms with Crippen LogP contribution in [-0.2, 0) is 16.2 Å². The van der Waals surface area contributed by atoms with Crippen LogP contribution in [0.3, 0.4) is 0 Å². The fourth-order valence-electron chi connectivity index (χ4n) is 2.83. The Morgan fingerprint density at radius 1 is 0.760 bits per heavy atom. The Morgan fingerprint density at radius 2 is 1.12 bits per heavy atom. The molecule has 25 heavy (non-hydrogen) atoms. The van der Waals surface area contributed by atoms with Crippen molar-refractivity contribution in [2.24, 2.45) is 0 Å². The molecule has 142 valence electrons. The third-order valence-electron chi connectivity index (χ3n) is 6.19. The summed E-state index contributed by atoms with van der Waals surface area (Å²) in [6, 6.07) is 4.63. The molecule has 0 bridgehead atoms. The van der Waals surface area contributed by atoms with Crippen molar-refractivity contribution in [1.29, 1.82) is 0 Å². The standard InChI is InChI=1S/C21H35BCl2O/c1-10-19(4,5)15-13-16(20(6,7)11-2)18(25-22(23)24)17(14-15)21(8,9)12-3/h13-14H,10-12H2,1-9H3. The van der Waals surface area contributed by atoms with E-state index in [1.54, 1.807) is 0 Å². The Hall–Kier alpha value is -0.335. The summed E-state index contributed by atoms with van der Waals surface area (Å²) < 4.78 is 5.98. The van der Waals surface area contributed by atoms with Crippen LogP contribution in [0.15, 0.2) is 12.1 Å². The third-order valence-corrected chi connectivity index (χ3v) is 6.37. The Bertz CT molecular complexity index is 555. The van der Waals surface area contributed by atoms with E-state index in [9.17, 15) is 0 Å². The summed E-state index contributed by atoms with van der Waals surface area (Å²) in [5.74, 6) is -0.00722. The lowest BCUT2D eigenvalue weighted by Gasteiger charge is -2.36. The molecule has 0 unspecified atom stereocenters. The van der Waals surface area contributed by atoms with E-state index in [2.05, 4.69) is 74.4 Å². The van der Waals surface area contributed by atoms with E-state index in [0.29, 0.717) is 0 Å². The van der Waals surface area contributed by atoms with E-state index < -0.39 is 5.75 Å². The first-order valence-corrected chi connectivity index (χ1v) is 10.3. The molecule has 1 aromatic carbocycles. The summed E-state index contributed by atoms with van der Waals surface area (Å²) in [6.45, 7) is 20.3. The summed E-state index contributed by atoms with van der Waals surface area (Å²) in [6.07, 6.45) is 3.11. The SMILES string of the molecule is CCC(C)(C)c1cc(C(C)(C)CC)c(OB(Cl)Cl)c(C(C)(C)CC)c1. The van der Waals surface area contributed by atoms with Gasteiger partial charge in [0.2, 0.25) is 0 Å². The van der Waals surface area contributed by atoms with Crippen molar-refractivity contribution in [3.8, 4) is 5.75 Å². The molecular formula is C21H35BCl2O. The fourth-order valence-corrected chi connectivity index (χ4v) is 3.00. The molecule has 0 atom stereocenters. The van der Waals surface area contributed by atoms with Gasteiger partial charge < -0.3 is 4.65 Å². The van der Waals surface area contributed by atoms with E-state index in [0.717, 1.165) is 25.0 Å². The summed E-state index contributed by atoms with van der Waals surface area (Å²) in [5.41, 5.74) is 3.84. The lowest BCUT2D eigenvalue weighted by molar-refractivity contribution is 0.439. The van der Waals surface area contributed by atoms with Crippen molar-refractivity contribution in [2.75, 3.05) is 0 Å². The van der Waals surface area contributed by atoms with Gasteiger partial charge in [0, 0.05) is 0 Å². The van der Waals surface area contributed by atoms with Crippen molar-refractivity contribution in [3.05, 3.63) is 28.8 Å². The first-order valence-electron chi connectivity index (χ1n) is 9.46. The van der Waals surface area contributed by atoms with E-state index >= 15 is 0 Å². The molecule has 1 rings (SSSR count). The van der Waals surface area contributed by atoms with Crippen LogP contribution in [0.1, 0.15) is 98.3 Å². The zero-order valence-corrected chi connectivity index (χ0v) is 19.0. The van der Waals surface area contributed by atoms with E-state index in [4.69, 9.17) is 27.6 Å². The van der Waals surface area contributed by atoms with Crippen LogP contribution in [0.2, 0.25) is 0 Å². The highest BCUT2D eigenvalue weighted by atomic mass is 35.5. The molecule has 0 fully saturated rings. The van der Waals surface area contributed by atoms with Gasteiger partial charge in [-0.1, -0.05) is 74.4 Å². The van der Waals surface area contributed by atoms with Gasteiger partial charge in [-0.05, 0) is 52.2 Å². The van der Waals surface area contributed by atoms with Crippen molar-refractivity contribution in [1.82, 2.24) is 0 Å². The van der Waals surface area contributed by atoms with Crippen LogP contribution in [0.4, 0.5) is 0 Å². The van der Waals surface area contributed by atoms with Crippen LogP contribution < -0.4 is 4.65 Å². The Labute approximate surface area is 165 Å². The predicted octanol–water partition coefficient (Wildman–Crippen LogP) is 7.59. The van der Waals surface area contributed by atoms with Gasteiger partial charge in [0.15, 0.2) is 0 Å². The Balaban J connectivity index is 3.88. The highest BCUT2D eigenvalue weighted by Crippen LogP contribution is 2.45. The normalized spacial score (nSPS) is 13.1. The number of halogens is 2. The number of benzene rings is 1. The molecule has 0 aliphatic heterocycles. The maximum atomic E-state index is 6.04. The van der Waals surface area contributed by atoms with Crippen LogP contribution >= 0.6 is 22.9 Å². The minimum absolute atomic E-state index is 0.0175. The monoisotopic (exact) mass is 384 g/mol. The molecular weight excluding hydrogens is 350 g/mol. The molecule has 1 nitrogen and oxygen atoms in total. The van der Waals surface area contributed by atoms with E-state index in [-0.39, 0.29) is 16.2 Å². The number of hydrogen-bond acceptors (Lipinski definition) is 1. The zero-order valence-electron chi connectivity index (χ0n) is 17.5. The topological polar surface area (TPSA) is 9.23 Å². The van der Waals surface area contributed by atoms with Crippen LogP contribution in [0.25, 0.3) is 0 Å². The molecule has 0 amide bonds. The van der Waals surface area contributed by atoms with Gasteiger partial charge in [-0.2, -0.15) is 0 Å². The lowest BCUT2D eigenvalue weighted by Crippen LogP contribution is -2.27. The van der Waals surface area contributed by atoms with Crippen LogP contribution in [0.5, 0.6) is 5.75 Å². The summed E-state index contributed by atoms with van der Waals surface area (Å²) in [7, 11) is 0. The molecule has 0 radical (unpaired) electrons. The summed E-state index contributed by atoms with van der Waals surface area (Å²) >= 11 is 12.1. The minimum atomic E-state index is -0.872. The summed E-state index contributed by atoms with van der Waals surface area (Å²) in [4.78, 5) is 0. The van der Waals surface area contributed by atoms with Gasteiger partial charge in [0.1, 0.15) is 5.75 Å². The molecule has 0 saturated carbocycles. The lowest BCUT2D eigenvalue weighted by atomic mass is 9.71. The average molecular weight is 385 g/mol. The zero-order chi connectivity index (χ0) is 19.6. The molecule has 0 spiro atoms. The van der Waals surface area contributed by atoms with Crippen molar-refractivity contribution >= 4 is 28.7 Å². The Morgan fingerprint density at radius 3 is 1.40 bits per heavy atom. The van der Waals surface area contributed by atoms with Gasteiger partial charge in [-0.3, -0.25) is 0 Å². The maximum absolute atomic E-state index is 6.04. The van der Waals surface area contributed by atoms with Gasteiger partial charge in [-0.25, -0.2) is 0 Å². The molecule has 0 heterocycles. The molecule has 0 N–H and O–H groups in total. The average Bonchev–Trinajstić information content (AvgIpc) is 2.53. The predicted molar refractivity (Wildman–Crippen MR) is 114 cm³/mol. The quantitative estimate of drug-likeness (QED) is 0.419. The second-order valence-electron chi connectivity index (χ2n) is 8.99. The summed E-state index contributed by atoms with van der Waals surface area (Å²) in [5, 5.41) is 0. The van der Waals surface area contributed by atoms with Crippen molar-refractivity contribution < 1.29 is 4.65 Å². The minimum Gasteiger partial charge on any atom is -0.533 e. The first kappa shape index (κ1) is 22.7. The highest BCUT2D eigenvalue weighted by Gasteiger charge is 2.34. The van der Waals surface area contributed by atoms with E-state index in [1.807, 2.05) is 0 Å². The maximum Gasteiger partial charge on any atom is 0.576 e. The smallest absolute Gasteiger partial charge is 0.533 e. The third kappa shape index (κ3) is 5.10. The van der Waals surface area contributed by atoms with Crippen molar-refractivity contribution in [2.45, 2.75) is 97.8 Å². The molecule has 4 heteroatoms. The highest BCUT2D eigenvalue weighted by molar-refractivity contribution is 7.31. The molecule has 0 aliphatic rings.